The Hall–Kier alpha value is -1.55. The van der Waals surface area contributed by atoms with Gasteiger partial charge in [0.15, 0.2) is 5.90 Å². The maximum absolute atomic E-state index is 5.53. The first-order valence-corrected chi connectivity index (χ1v) is 5.34. The Kier molecular flexibility index (Phi) is 3.41. The summed E-state index contributed by atoms with van der Waals surface area (Å²) in [6.07, 6.45) is 0.702. The quantitative estimate of drug-likeness (QED) is 0.823. The van der Waals surface area contributed by atoms with Gasteiger partial charge in [-0.15, -0.1) is 0 Å². The first kappa shape index (κ1) is 11.0. The number of ether oxygens (including phenoxy) is 2. The van der Waals surface area contributed by atoms with Crippen LogP contribution in [-0.2, 0) is 11.2 Å². The number of nitrogens with zero attached hydrogens (tertiary/aromatic N) is 1. The van der Waals surface area contributed by atoms with E-state index in [0.717, 1.165) is 17.2 Å². The van der Waals surface area contributed by atoms with Crippen LogP contribution >= 0.6 is 0 Å². The van der Waals surface area contributed by atoms with E-state index in [2.05, 4.69) is 4.99 Å². The van der Waals surface area contributed by atoms with E-state index in [1.165, 1.54) is 0 Å². The Morgan fingerprint density at radius 3 is 3.12 bits per heavy atom. The molecule has 0 radical (unpaired) electrons. The molecule has 1 atom stereocenters. The van der Waals surface area contributed by atoms with E-state index in [-0.39, 0.29) is 6.04 Å². The molecule has 1 aromatic carbocycles. The van der Waals surface area contributed by atoms with Crippen molar-refractivity contribution in [2.45, 2.75) is 12.5 Å². The van der Waals surface area contributed by atoms with Crippen LogP contribution in [0, 0.1) is 0 Å². The summed E-state index contributed by atoms with van der Waals surface area (Å²) in [5.74, 6) is 1.62. The molecule has 2 N–H and O–H groups in total. The second kappa shape index (κ2) is 4.99. The molecule has 1 heterocycles. The Balaban J connectivity index is 2.04. The molecule has 1 unspecified atom stereocenters. The van der Waals surface area contributed by atoms with Crippen molar-refractivity contribution in [3.05, 3.63) is 29.8 Å². The molecule has 4 heteroatoms. The molecular weight excluding hydrogens is 204 g/mol. The van der Waals surface area contributed by atoms with E-state index < -0.39 is 0 Å². The first-order chi connectivity index (χ1) is 7.81. The van der Waals surface area contributed by atoms with Crippen molar-refractivity contribution in [3.8, 4) is 5.75 Å². The fraction of sp³-hybridized carbons (Fsp3) is 0.417. The van der Waals surface area contributed by atoms with Crippen molar-refractivity contribution in [1.29, 1.82) is 0 Å². The molecule has 0 aliphatic carbocycles. The van der Waals surface area contributed by atoms with Gasteiger partial charge in [0.1, 0.15) is 12.4 Å². The Morgan fingerprint density at radius 1 is 1.56 bits per heavy atom. The predicted molar refractivity (Wildman–Crippen MR) is 62.9 cm³/mol. The largest absolute Gasteiger partial charge is 0.497 e. The topological polar surface area (TPSA) is 56.8 Å². The molecular formula is C12H16N2O2. The van der Waals surface area contributed by atoms with Gasteiger partial charge >= 0.3 is 0 Å². The molecule has 0 saturated carbocycles. The van der Waals surface area contributed by atoms with Gasteiger partial charge in [0.2, 0.25) is 0 Å². The lowest BCUT2D eigenvalue weighted by molar-refractivity contribution is 0.313. The van der Waals surface area contributed by atoms with E-state index in [1.807, 2.05) is 24.3 Å². The van der Waals surface area contributed by atoms with E-state index in [9.17, 15) is 0 Å². The number of benzene rings is 1. The average Bonchev–Trinajstić information content (AvgIpc) is 2.77. The minimum atomic E-state index is 0.126. The third kappa shape index (κ3) is 2.52. The normalized spacial score (nSPS) is 19.1. The van der Waals surface area contributed by atoms with Crippen molar-refractivity contribution in [3.63, 3.8) is 0 Å². The summed E-state index contributed by atoms with van der Waals surface area (Å²) < 4.78 is 10.6. The predicted octanol–water partition coefficient (Wildman–Crippen LogP) is 0.994. The maximum atomic E-state index is 5.53. The van der Waals surface area contributed by atoms with Crippen LogP contribution in [0.25, 0.3) is 0 Å². The summed E-state index contributed by atoms with van der Waals surface area (Å²) in [5.41, 5.74) is 6.66. The zero-order valence-electron chi connectivity index (χ0n) is 9.35. The molecule has 0 fully saturated rings. The number of aliphatic imine (C=N–C) groups is 1. The highest BCUT2D eigenvalue weighted by molar-refractivity contribution is 5.80. The summed E-state index contributed by atoms with van der Waals surface area (Å²) in [6.45, 7) is 1.15. The molecule has 0 saturated heterocycles. The van der Waals surface area contributed by atoms with Gasteiger partial charge in [-0.05, 0) is 17.7 Å². The van der Waals surface area contributed by atoms with Gasteiger partial charge in [-0.25, -0.2) is 4.99 Å². The van der Waals surface area contributed by atoms with E-state index in [0.29, 0.717) is 19.6 Å². The lowest BCUT2D eigenvalue weighted by Crippen LogP contribution is -2.18. The average molecular weight is 220 g/mol. The Labute approximate surface area is 95.1 Å². The highest BCUT2D eigenvalue weighted by atomic mass is 16.5. The number of methoxy groups -OCH3 is 1. The van der Waals surface area contributed by atoms with Crippen molar-refractivity contribution in [1.82, 2.24) is 0 Å². The summed E-state index contributed by atoms with van der Waals surface area (Å²) in [5, 5.41) is 0. The third-order valence-electron chi connectivity index (χ3n) is 2.53. The van der Waals surface area contributed by atoms with Crippen molar-refractivity contribution in [2.75, 3.05) is 20.3 Å². The smallest absolute Gasteiger partial charge is 0.188 e. The number of rotatable bonds is 4. The molecule has 1 aliphatic rings. The summed E-state index contributed by atoms with van der Waals surface area (Å²) >= 11 is 0. The van der Waals surface area contributed by atoms with Crippen LogP contribution in [0.3, 0.4) is 0 Å². The van der Waals surface area contributed by atoms with Crippen LogP contribution in [0.2, 0.25) is 0 Å². The fourth-order valence-electron chi connectivity index (χ4n) is 1.65. The minimum Gasteiger partial charge on any atom is -0.497 e. The standard InChI is InChI=1S/C12H16N2O2/c1-15-11-4-2-3-9(5-11)6-12-14-10(7-13)8-16-12/h2-5,10H,6-8,13H2,1H3. The van der Waals surface area contributed by atoms with Crippen molar-refractivity contribution < 1.29 is 9.47 Å². The van der Waals surface area contributed by atoms with Gasteiger partial charge < -0.3 is 15.2 Å². The minimum absolute atomic E-state index is 0.126. The lowest BCUT2D eigenvalue weighted by Gasteiger charge is -2.04. The van der Waals surface area contributed by atoms with Crippen molar-refractivity contribution in [2.24, 2.45) is 10.7 Å². The molecule has 86 valence electrons. The summed E-state index contributed by atoms with van der Waals surface area (Å²) in [7, 11) is 1.66. The highest BCUT2D eigenvalue weighted by Crippen LogP contribution is 2.15. The SMILES string of the molecule is COc1cccc(CC2=NC(CN)CO2)c1. The molecule has 4 nitrogen and oxygen atoms in total. The van der Waals surface area contributed by atoms with Gasteiger partial charge in [0, 0.05) is 13.0 Å². The highest BCUT2D eigenvalue weighted by Gasteiger charge is 2.17. The van der Waals surface area contributed by atoms with E-state index in [1.54, 1.807) is 7.11 Å². The van der Waals surface area contributed by atoms with Gasteiger partial charge in [-0.1, -0.05) is 12.1 Å². The zero-order valence-corrected chi connectivity index (χ0v) is 9.35. The molecule has 1 aliphatic heterocycles. The summed E-state index contributed by atoms with van der Waals surface area (Å²) in [4.78, 5) is 4.39. The molecule has 2 rings (SSSR count). The molecule has 0 bridgehead atoms. The van der Waals surface area contributed by atoms with Crippen molar-refractivity contribution >= 4 is 5.90 Å². The van der Waals surface area contributed by atoms with Gasteiger partial charge in [0.05, 0.1) is 13.2 Å². The summed E-state index contributed by atoms with van der Waals surface area (Å²) in [6, 6.07) is 8.03. The third-order valence-corrected chi connectivity index (χ3v) is 2.53. The van der Waals surface area contributed by atoms with E-state index in [4.69, 9.17) is 15.2 Å². The number of hydrogen-bond acceptors (Lipinski definition) is 4. The van der Waals surface area contributed by atoms with Gasteiger partial charge in [-0.3, -0.25) is 0 Å². The molecule has 1 aromatic rings. The van der Waals surface area contributed by atoms with Crippen LogP contribution in [-0.4, -0.2) is 32.2 Å². The maximum Gasteiger partial charge on any atom is 0.188 e. The first-order valence-electron chi connectivity index (χ1n) is 5.34. The fourth-order valence-corrected chi connectivity index (χ4v) is 1.65. The molecule has 0 aromatic heterocycles. The van der Waals surface area contributed by atoms with Crippen LogP contribution < -0.4 is 10.5 Å². The number of nitrogens with two attached hydrogens (primary N) is 1. The van der Waals surface area contributed by atoms with Crippen LogP contribution in [0.4, 0.5) is 0 Å². The van der Waals surface area contributed by atoms with Crippen LogP contribution in [0.1, 0.15) is 5.56 Å². The number of hydrogen-bond donors (Lipinski definition) is 1. The van der Waals surface area contributed by atoms with Crippen LogP contribution in [0.5, 0.6) is 5.75 Å². The lowest BCUT2D eigenvalue weighted by atomic mass is 10.1. The van der Waals surface area contributed by atoms with Gasteiger partial charge in [-0.2, -0.15) is 0 Å². The second-order valence-electron chi connectivity index (χ2n) is 3.75. The molecule has 0 spiro atoms. The molecule has 0 amide bonds. The van der Waals surface area contributed by atoms with Gasteiger partial charge in [0.25, 0.3) is 0 Å². The monoisotopic (exact) mass is 220 g/mol. The van der Waals surface area contributed by atoms with Crippen LogP contribution in [0.15, 0.2) is 29.3 Å². The van der Waals surface area contributed by atoms with E-state index >= 15 is 0 Å². The zero-order chi connectivity index (χ0) is 11.4. The molecule has 16 heavy (non-hydrogen) atoms. The Bertz CT molecular complexity index is 390. The second-order valence-corrected chi connectivity index (χ2v) is 3.75. The Morgan fingerprint density at radius 2 is 2.44 bits per heavy atom.